The summed E-state index contributed by atoms with van der Waals surface area (Å²) < 4.78 is 11.4. The van der Waals surface area contributed by atoms with Crippen LogP contribution in [0.2, 0.25) is 0 Å². The van der Waals surface area contributed by atoms with E-state index >= 15 is 0 Å². The number of thiazole rings is 1. The molecule has 0 aliphatic carbocycles. The van der Waals surface area contributed by atoms with E-state index in [0.717, 1.165) is 5.56 Å². The van der Waals surface area contributed by atoms with Crippen molar-refractivity contribution in [1.29, 1.82) is 0 Å². The predicted molar refractivity (Wildman–Crippen MR) is 111 cm³/mol. The maximum absolute atomic E-state index is 12.8. The van der Waals surface area contributed by atoms with Crippen molar-refractivity contribution >= 4 is 17.2 Å². The average molecular weight is 416 g/mol. The second-order valence-corrected chi connectivity index (χ2v) is 7.50. The molecule has 0 saturated carbocycles. The lowest BCUT2D eigenvalue weighted by molar-refractivity contribution is 0.0921. The van der Waals surface area contributed by atoms with Crippen LogP contribution in [0.25, 0.3) is 10.8 Å². The fraction of sp³-hybridized carbons (Fsp3) is 0.400. The smallest absolute Gasteiger partial charge is 0.271 e. The van der Waals surface area contributed by atoms with Gasteiger partial charge >= 0.3 is 0 Å². The highest BCUT2D eigenvalue weighted by molar-refractivity contribution is 7.13. The summed E-state index contributed by atoms with van der Waals surface area (Å²) in [6.45, 7) is 9.07. The zero-order valence-electron chi connectivity index (χ0n) is 16.9. The summed E-state index contributed by atoms with van der Waals surface area (Å²) in [6.07, 6.45) is 1.41. The van der Waals surface area contributed by atoms with E-state index in [1.807, 2.05) is 32.0 Å². The normalized spacial score (nSPS) is 12.0. The van der Waals surface area contributed by atoms with Crippen molar-refractivity contribution in [2.75, 3.05) is 13.2 Å². The number of carbonyl (C=O) groups excluding carboxylic acids is 1. The maximum Gasteiger partial charge on any atom is 0.271 e. The first-order chi connectivity index (χ1) is 14.0. The van der Waals surface area contributed by atoms with E-state index < -0.39 is 0 Å². The highest BCUT2D eigenvalue weighted by atomic mass is 32.1. The monoisotopic (exact) mass is 415 g/mol. The molecule has 3 aromatic rings. The van der Waals surface area contributed by atoms with Crippen molar-refractivity contribution in [3.63, 3.8) is 0 Å². The molecule has 3 rings (SSSR count). The van der Waals surface area contributed by atoms with E-state index in [9.17, 15) is 4.79 Å². The minimum absolute atomic E-state index is 0.166. The number of amides is 1. The molecule has 0 aliphatic heterocycles. The molecule has 29 heavy (non-hydrogen) atoms. The third kappa shape index (κ3) is 4.92. The van der Waals surface area contributed by atoms with Gasteiger partial charge in [-0.05, 0) is 37.5 Å². The largest absolute Gasteiger partial charge is 0.490 e. The van der Waals surface area contributed by atoms with Crippen molar-refractivity contribution in [2.24, 2.45) is 5.92 Å². The number of benzene rings is 1. The minimum atomic E-state index is -0.238. The van der Waals surface area contributed by atoms with E-state index in [1.165, 1.54) is 17.7 Å². The Kier molecular flexibility index (Phi) is 6.82. The number of nitrogens with zero attached hydrogens (tertiary/aromatic N) is 3. The van der Waals surface area contributed by atoms with Crippen molar-refractivity contribution in [3.05, 3.63) is 41.2 Å². The lowest BCUT2D eigenvalue weighted by Gasteiger charge is -2.24. The molecule has 2 N–H and O–H groups in total. The molecule has 154 valence electrons. The molecule has 0 spiro atoms. The molecule has 9 heteroatoms. The molecule has 1 atom stereocenters. The highest BCUT2D eigenvalue weighted by Gasteiger charge is 2.22. The second kappa shape index (κ2) is 9.51. The van der Waals surface area contributed by atoms with Gasteiger partial charge in [-0.3, -0.25) is 9.89 Å². The Morgan fingerprint density at radius 2 is 1.97 bits per heavy atom. The molecule has 1 amide bonds. The molecule has 0 fully saturated rings. The SMILES string of the molecule is CCOc1ccc(C(NC(=O)c2csc(-c3ncn[nH]3)n2)C(C)C)cc1OCC. The van der Waals surface area contributed by atoms with Crippen LogP contribution in [-0.4, -0.2) is 39.3 Å². The number of nitrogens with one attached hydrogen (secondary N) is 2. The number of aromatic amines is 1. The van der Waals surface area contributed by atoms with E-state index in [-0.39, 0.29) is 17.9 Å². The first-order valence-corrected chi connectivity index (χ1v) is 10.4. The van der Waals surface area contributed by atoms with Gasteiger partial charge in [0, 0.05) is 5.38 Å². The molecule has 0 radical (unpaired) electrons. The quantitative estimate of drug-likeness (QED) is 0.550. The van der Waals surface area contributed by atoms with Crippen LogP contribution in [0, 0.1) is 5.92 Å². The summed E-state index contributed by atoms with van der Waals surface area (Å²) in [5.41, 5.74) is 1.30. The van der Waals surface area contributed by atoms with Crippen LogP contribution in [0.3, 0.4) is 0 Å². The van der Waals surface area contributed by atoms with Crippen LogP contribution in [0.4, 0.5) is 0 Å². The van der Waals surface area contributed by atoms with Crippen LogP contribution in [-0.2, 0) is 0 Å². The molecular formula is C20H25N5O3S. The summed E-state index contributed by atoms with van der Waals surface area (Å²) in [5, 5.41) is 12.0. The van der Waals surface area contributed by atoms with Gasteiger partial charge in [-0.25, -0.2) is 9.97 Å². The van der Waals surface area contributed by atoms with Crippen molar-refractivity contribution in [1.82, 2.24) is 25.5 Å². The Bertz CT molecular complexity index is 940. The third-order valence-electron chi connectivity index (χ3n) is 4.23. The summed E-state index contributed by atoms with van der Waals surface area (Å²) in [4.78, 5) is 21.3. The molecule has 2 aromatic heterocycles. The van der Waals surface area contributed by atoms with Gasteiger partial charge in [0.15, 0.2) is 22.3 Å². The average Bonchev–Trinajstić information content (AvgIpc) is 3.39. The van der Waals surface area contributed by atoms with Gasteiger partial charge in [0.25, 0.3) is 5.91 Å². The van der Waals surface area contributed by atoms with Crippen LogP contribution in [0.15, 0.2) is 29.9 Å². The third-order valence-corrected chi connectivity index (χ3v) is 5.08. The molecule has 8 nitrogen and oxygen atoms in total. The number of H-pyrrole nitrogens is 1. The van der Waals surface area contributed by atoms with E-state index in [4.69, 9.17) is 9.47 Å². The number of aromatic nitrogens is 4. The second-order valence-electron chi connectivity index (χ2n) is 6.64. The first-order valence-electron chi connectivity index (χ1n) is 9.55. The number of ether oxygens (including phenoxy) is 2. The Labute approximate surface area is 173 Å². The lowest BCUT2D eigenvalue weighted by Crippen LogP contribution is -2.32. The standard InChI is InChI=1S/C20H25N5O3S/c1-5-27-15-8-7-13(9-16(15)28-6-2)17(12(3)4)24-19(26)14-10-29-20(23-14)18-21-11-22-25-18/h7-12,17H,5-6H2,1-4H3,(H,24,26)(H,21,22,25). The lowest BCUT2D eigenvalue weighted by atomic mass is 9.95. The van der Waals surface area contributed by atoms with Gasteiger partial charge < -0.3 is 14.8 Å². The highest BCUT2D eigenvalue weighted by Crippen LogP contribution is 2.33. The number of hydrogen-bond donors (Lipinski definition) is 2. The number of carbonyl (C=O) groups is 1. The fourth-order valence-electron chi connectivity index (χ4n) is 2.91. The van der Waals surface area contributed by atoms with Crippen LogP contribution < -0.4 is 14.8 Å². The van der Waals surface area contributed by atoms with E-state index in [2.05, 4.69) is 39.3 Å². The van der Waals surface area contributed by atoms with Crippen molar-refractivity contribution in [3.8, 4) is 22.3 Å². The molecule has 1 aromatic carbocycles. The zero-order chi connectivity index (χ0) is 20.8. The molecule has 0 bridgehead atoms. The van der Waals surface area contributed by atoms with Gasteiger partial charge in [-0.2, -0.15) is 5.10 Å². The molecule has 0 saturated heterocycles. The summed E-state index contributed by atoms with van der Waals surface area (Å²) in [5.74, 6) is 1.84. The van der Waals surface area contributed by atoms with Crippen LogP contribution >= 0.6 is 11.3 Å². The Morgan fingerprint density at radius 3 is 2.62 bits per heavy atom. The zero-order valence-corrected chi connectivity index (χ0v) is 17.7. The molecule has 0 aliphatic rings. The summed E-state index contributed by atoms with van der Waals surface area (Å²) in [7, 11) is 0. The number of hydrogen-bond acceptors (Lipinski definition) is 7. The molecule has 2 heterocycles. The van der Waals surface area contributed by atoms with E-state index in [0.29, 0.717) is 41.2 Å². The summed E-state index contributed by atoms with van der Waals surface area (Å²) in [6, 6.07) is 5.57. The summed E-state index contributed by atoms with van der Waals surface area (Å²) >= 11 is 1.34. The van der Waals surface area contributed by atoms with Gasteiger partial charge in [-0.15, -0.1) is 11.3 Å². The van der Waals surface area contributed by atoms with Gasteiger partial charge in [0.05, 0.1) is 19.3 Å². The van der Waals surface area contributed by atoms with Crippen molar-refractivity contribution in [2.45, 2.75) is 33.7 Å². The predicted octanol–water partition coefficient (Wildman–Crippen LogP) is 3.85. The van der Waals surface area contributed by atoms with E-state index in [1.54, 1.807) is 5.38 Å². The first kappa shape index (κ1) is 20.8. The maximum atomic E-state index is 12.8. The Morgan fingerprint density at radius 1 is 1.21 bits per heavy atom. The Balaban J connectivity index is 1.81. The fourth-order valence-corrected chi connectivity index (χ4v) is 3.65. The molecular weight excluding hydrogens is 390 g/mol. The van der Waals surface area contributed by atoms with Gasteiger partial charge in [0.2, 0.25) is 0 Å². The topological polar surface area (TPSA) is 102 Å². The van der Waals surface area contributed by atoms with Crippen molar-refractivity contribution < 1.29 is 14.3 Å². The Hall–Kier alpha value is -2.94. The molecule has 1 unspecified atom stereocenters. The van der Waals surface area contributed by atoms with Gasteiger partial charge in [0.1, 0.15) is 12.0 Å². The van der Waals surface area contributed by atoms with Crippen LogP contribution in [0.5, 0.6) is 11.5 Å². The minimum Gasteiger partial charge on any atom is -0.490 e. The number of rotatable bonds is 9. The van der Waals surface area contributed by atoms with Crippen LogP contribution in [0.1, 0.15) is 49.8 Å². The van der Waals surface area contributed by atoms with Gasteiger partial charge in [-0.1, -0.05) is 19.9 Å².